The minimum absolute atomic E-state index is 0.0834. The van der Waals surface area contributed by atoms with Crippen LogP contribution in [-0.4, -0.2) is 31.9 Å². The smallest absolute Gasteiger partial charge is 0.328 e. The molecule has 4 nitrogen and oxygen atoms in total. The van der Waals surface area contributed by atoms with Gasteiger partial charge in [0.1, 0.15) is 0 Å². The first-order valence-electron chi connectivity index (χ1n) is 7.49. The number of sulfonamides is 1. The minimum Gasteiger partial charge on any atom is -0.328 e. The Kier molecular flexibility index (Phi) is 5.37. The van der Waals surface area contributed by atoms with Gasteiger partial charge in [-0.3, -0.25) is 0 Å². The topological polar surface area (TPSA) is 63.4 Å². The van der Waals surface area contributed by atoms with E-state index >= 15 is 0 Å². The van der Waals surface area contributed by atoms with Crippen LogP contribution >= 0.6 is 0 Å². The molecule has 0 spiro atoms. The molecule has 1 aliphatic heterocycles. The van der Waals surface area contributed by atoms with Gasteiger partial charge in [-0.1, -0.05) is 18.2 Å². The number of rotatable bonds is 4. The number of alkyl halides is 3. The third-order valence-corrected chi connectivity index (χ3v) is 5.98. The van der Waals surface area contributed by atoms with Crippen molar-refractivity contribution in [1.29, 1.82) is 0 Å². The molecule has 1 aliphatic rings. The first kappa shape index (κ1) is 18.2. The van der Waals surface area contributed by atoms with E-state index in [1.165, 1.54) is 16.4 Å². The maximum atomic E-state index is 12.7. The van der Waals surface area contributed by atoms with Gasteiger partial charge in [-0.2, -0.15) is 13.2 Å². The summed E-state index contributed by atoms with van der Waals surface area (Å²) >= 11 is 0. The van der Waals surface area contributed by atoms with E-state index in [2.05, 4.69) is 0 Å². The van der Waals surface area contributed by atoms with Crippen molar-refractivity contribution in [1.82, 2.24) is 4.31 Å². The first-order valence-corrected chi connectivity index (χ1v) is 9.10. The van der Waals surface area contributed by atoms with Gasteiger partial charge in [-0.05, 0) is 37.3 Å². The molecule has 1 saturated heterocycles. The van der Waals surface area contributed by atoms with E-state index in [0.717, 1.165) is 18.6 Å². The molecule has 0 bridgehead atoms. The van der Waals surface area contributed by atoms with Crippen molar-refractivity contribution < 1.29 is 21.6 Å². The molecule has 2 N–H and O–H groups in total. The van der Waals surface area contributed by atoms with Crippen molar-refractivity contribution in [2.24, 2.45) is 11.7 Å². The van der Waals surface area contributed by atoms with Crippen LogP contribution in [0, 0.1) is 5.92 Å². The van der Waals surface area contributed by atoms with E-state index in [4.69, 9.17) is 5.73 Å². The molecule has 1 aromatic carbocycles. The van der Waals surface area contributed by atoms with E-state index in [9.17, 15) is 21.6 Å². The molecule has 2 atom stereocenters. The second-order valence-corrected chi connectivity index (χ2v) is 8.04. The standard InChI is InChI=1S/C15H21F3N2O2S/c1-11(19)13-5-3-7-20(9-13)23(21,22)10-12-4-2-6-14(8-12)15(16,17)18/h2,4,6,8,11,13H,3,5,7,9-10,19H2,1H3. The zero-order chi connectivity index (χ0) is 17.3. The maximum Gasteiger partial charge on any atom is 0.416 e. The van der Waals surface area contributed by atoms with E-state index < -0.39 is 27.5 Å². The number of hydrogen-bond donors (Lipinski definition) is 1. The van der Waals surface area contributed by atoms with Crippen molar-refractivity contribution in [3.63, 3.8) is 0 Å². The van der Waals surface area contributed by atoms with Crippen molar-refractivity contribution in [3.8, 4) is 0 Å². The van der Waals surface area contributed by atoms with Crippen LogP contribution in [0.25, 0.3) is 0 Å². The molecule has 0 saturated carbocycles. The van der Waals surface area contributed by atoms with Crippen molar-refractivity contribution >= 4 is 10.0 Å². The lowest BCUT2D eigenvalue weighted by molar-refractivity contribution is -0.137. The lowest BCUT2D eigenvalue weighted by atomic mass is 9.93. The van der Waals surface area contributed by atoms with Gasteiger partial charge in [0.2, 0.25) is 10.0 Å². The molecule has 0 aromatic heterocycles. The summed E-state index contributed by atoms with van der Waals surface area (Å²) in [5, 5.41) is 0. The zero-order valence-corrected chi connectivity index (χ0v) is 13.7. The molecule has 2 rings (SSSR count). The highest BCUT2D eigenvalue weighted by Gasteiger charge is 2.33. The molecular weight excluding hydrogens is 329 g/mol. The van der Waals surface area contributed by atoms with Crippen LogP contribution in [0.2, 0.25) is 0 Å². The SMILES string of the molecule is CC(N)C1CCCN(S(=O)(=O)Cc2cccc(C(F)(F)F)c2)C1. The van der Waals surface area contributed by atoms with Crippen LogP contribution in [0.5, 0.6) is 0 Å². The van der Waals surface area contributed by atoms with Gasteiger partial charge in [0, 0.05) is 19.1 Å². The summed E-state index contributed by atoms with van der Waals surface area (Å²) < 4.78 is 64.5. The van der Waals surface area contributed by atoms with Gasteiger partial charge < -0.3 is 5.73 Å². The molecule has 0 radical (unpaired) electrons. The highest BCUT2D eigenvalue weighted by Crippen LogP contribution is 2.30. The number of benzene rings is 1. The third kappa shape index (κ3) is 4.68. The monoisotopic (exact) mass is 350 g/mol. The molecule has 1 aromatic rings. The summed E-state index contributed by atoms with van der Waals surface area (Å²) in [5.74, 6) is -0.345. The summed E-state index contributed by atoms with van der Waals surface area (Å²) in [6.07, 6.45) is -2.90. The molecule has 1 heterocycles. The first-order chi connectivity index (χ1) is 10.6. The van der Waals surface area contributed by atoms with Crippen LogP contribution in [0.4, 0.5) is 13.2 Å². The van der Waals surface area contributed by atoms with Gasteiger partial charge in [0.15, 0.2) is 0 Å². The predicted molar refractivity (Wildman–Crippen MR) is 82.0 cm³/mol. The number of hydrogen-bond acceptors (Lipinski definition) is 3. The predicted octanol–water partition coefficient (Wildman–Crippen LogP) is 2.59. The van der Waals surface area contributed by atoms with E-state index in [1.54, 1.807) is 0 Å². The molecule has 2 unspecified atom stereocenters. The second kappa shape index (κ2) is 6.78. The summed E-state index contributed by atoms with van der Waals surface area (Å²) in [6, 6.07) is 4.35. The Morgan fingerprint density at radius 1 is 1.39 bits per heavy atom. The number of nitrogens with two attached hydrogens (primary N) is 1. The normalized spacial score (nSPS) is 22.0. The molecule has 0 aliphatic carbocycles. The van der Waals surface area contributed by atoms with Gasteiger partial charge in [0.05, 0.1) is 11.3 Å². The second-order valence-electron chi connectivity index (χ2n) is 6.07. The summed E-state index contributed by atoms with van der Waals surface area (Å²) in [7, 11) is -3.65. The molecule has 0 amide bonds. The Morgan fingerprint density at radius 2 is 2.09 bits per heavy atom. The molecule has 1 fully saturated rings. The fourth-order valence-electron chi connectivity index (χ4n) is 2.80. The van der Waals surface area contributed by atoms with E-state index in [0.29, 0.717) is 19.5 Å². The van der Waals surface area contributed by atoms with E-state index in [1.807, 2.05) is 6.92 Å². The average Bonchev–Trinajstić information content (AvgIpc) is 2.46. The highest BCUT2D eigenvalue weighted by atomic mass is 32.2. The van der Waals surface area contributed by atoms with Crippen LogP contribution < -0.4 is 5.73 Å². The van der Waals surface area contributed by atoms with Crippen LogP contribution in [0.3, 0.4) is 0 Å². The maximum absolute atomic E-state index is 12.7. The highest BCUT2D eigenvalue weighted by molar-refractivity contribution is 7.88. The molecule has 8 heteroatoms. The zero-order valence-electron chi connectivity index (χ0n) is 12.9. The number of nitrogens with zero attached hydrogens (tertiary/aromatic N) is 1. The Labute approximate surface area is 134 Å². The fourth-order valence-corrected chi connectivity index (χ4v) is 4.40. The molecule has 130 valence electrons. The van der Waals surface area contributed by atoms with Crippen molar-refractivity contribution in [2.75, 3.05) is 13.1 Å². The van der Waals surface area contributed by atoms with Gasteiger partial charge in [-0.15, -0.1) is 0 Å². The fraction of sp³-hybridized carbons (Fsp3) is 0.600. The Balaban J connectivity index is 2.15. The van der Waals surface area contributed by atoms with Gasteiger partial charge >= 0.3 is 6.18 Å². The summed E-state index contributed by atoms with van der Waals surface area (Å²) in [4.78, 5) is 0. The molecule has 23 heavy (non-hydrogen) atoms. The summed E-state index contributed by atoms with van der Waals surface area (Å²) in [5.41, 5.74) is 5.15. The van der Waals surface area contributed by atoms with E-state index in [-0.39, 0.29) is 17.5 Å². The Bertz CT molecular complexity index is 644. The minimum atomic E-state index is -4.48. The van der Waals surface area contributed by atoms with Crippen molar-refractivity contribution in [2.45, 2.75) is 37.7 Å². The number of halogens is 3. The largest absolute Gasteiger partial charge is 0.416 e. The van der Waals surface area contributed by atoms with Gasteiger partial charge in [0.25, 0.3) is 0 Å². The van der Waals surface area contributed by atoms with Crippen LogP contribution in [0.1, 0.15) is 30.9 Å². The third-order valence-electron chi connectivity index (χ3n) is 4.16. The molecular formula is C15H21F3N2O2S. The van der Waals surface area contributed by atoms with Crippen LogP contribution in [0.15, 0.2) is 24.3 Å². The Morgan fingerprint density at radius 3 is 2.70 bits per heavy atom. The van der Waals surface area contributed by atoms with Gasteiger partial charge in [-0.25, -0.2) is 12.7 Å². The lowest BCUT2D eigenvalue weighted by Gasteiger charge is -2.33. The summed E-state index contributed by atoms with van der Waals surface area (Å²) in [6.45, 7) is 2.57. The lowest BCUT2D eigenvalue weighted by Crippen LogP contribution is -2.45. The number of piperidine rings is 1. The quantitative estimate of drug-likeness (QED) is 0.908. The Hall–Kier alpha value is -1.12. The van der Waals surface area contributed by atoms with Crippen LogP contribution in [-0.2, 0) is 22.0 Å². The average molecular weight is 350 g/mol. The van der Waals surface area contributed by atoms with Crippen molar-refractivity contribution in [3.05, 3.63) is 35.4 Å².